The highest BCUT2D eigenvalue weighted by atomic mass is 32.1. The first-order chi connectivity index (χ1) is 23.4. The zero-order valence-electron chi connectivity index (χ0n) is 26.2. The van der Waals surface area contributed by atoms with Gasteiger partial charge in [0.1, 0.15) is 11.6 Å². The maximum Gasteiger partial charge on any atom is 0.235 e. The van der Waals surface area contributed by atoms with Gasteiger partial charge in [-0.3, -0.25) is 4.79 Å². The van der Waals surface area contributed by atoms with Gasteiger partial charge in [0.15, 0.2) is 5.78 Å². The molecule has 2 heterocycles. The van der Waals surface area contributed by atoms with Crippen LogP contribution in [0, 0.1) is 31.8 Å². The second-order valence-electron chi connectivity index (χ2n) is 11.1. The number of hydrogen-bond donors (Lipinski definition) is 0. The zero-order valence-corrected chi connectivity index (χ0v) is 27.9. The molecule has 6 aromatic rings. The Hall–Kier alpha value is -5.92. The van der Waals surface area contributed by atoms with E-state index in [4.69, 9.17) is 6.57 Å². The highest BCUT2D eigenvalue weighted by Gasteiger charge is 2.20. The maximum absolute atomic E-state index is 13.0. The summed E-state index contributed by atoms with van der Waals surface area (Å²) in [6.45, 7) is 11.9. The summed E-state index contributed by atoms with van der Waals surface area (Å²) < 4.78 is 0. The molecule has 4 aromatic carbocycles. The predicted molar refractivity (Wildman–Crippen MR) is 198 cm³/mol. The van der Waals surface area contributed by atoms with Crippen LogP contribution in [-0.2, 0) is 0 Å². The van der Waals surface area contributed by atoms with Crippen molar-refractivity contribution in [2.45, 2.75) is 13.8 Å². The molecular formula is C42H28N2O2S2. The number of rotatable bonds is 9. The van der Waals surface area contributed by atoms with Gasteiger partial charge in [0.25, 0.3) is 0 Å². The number of benzene rings is 4. The average Bonchev–Trinajstić information content (AvgIpc) is 3.77. The monoisotopic (exact) mass is 656 g/mol. The molecule has 0 spiro atoms. The molecular weight excluding hydrogens is 629 g/mol. The fraction of sp³-hybridized carbons (Fsp3) is 0.0476. The van der Waals surface area contributed by atoms with Crippen molar-refractivity contribution in [3.05, 3.63) is 177 Å². The molecule has 0 fully saturated rings. The van der Waals surface area contributed by atoms with Crippen molar-refractivity contribution in [2.75, 3.05) is 0 Å². The lowest BCUT2D eigenvalue weighted by Crippen LogP contribution is -2.01. The fourth-order valence-corrected chi connectivity index (χ4v) is 7.76. The SMILES string of the molecule is [C-]#[N+]/C(=C\c1ccc(-c2sc(-c3ccc(/C=C(\C#N)C(=O)c4ccccc4)cc3)cc2-c2c(C)cccc2C)s1)C(=O)c1ccccc1. The normalized spacial score (nSPS) is 11.5. The van der Waals surface area contributed by atoms with Crippen LogP contribution in [0.2, 0.25) is 0 Å². The Morgan fingerprint density at radius 2 is 1.33 bits per heavy atom. The number of allylic oxidation sites excluding steroid dienone is 2. The maximum atomic E-state index is 13.0. The number of ketones is 2. The Morgan fingerprint density at radius 1 is 0.708 bits per heavy atom. The van der Waals surface area contributed by atoms with E-state index in [-0.39, 0.29) is 22.8 Å². The number of carbonyl (C=O) groups excluding carboxylic acids is 2. The minimum atomic E-state index is -0.304. The Morgan fingerprint density at radius 3 is 1.94 bits per heavy atom. The molecule has 0 aliphatic heterocycles. The summed E-state index contributed by atoms with van der Waals surface area (Å²) in [6.07, 6.45) is 3.30. The fourth-order valence-electron chi connectivity index (χ4n) is 5.52. The van der Waals surface area contributed by atoms with E-state index in [9.17, 15) is 14.9 Å². The smallest absolute Gasteiger partial charge is 0.235 e. The van der Waals surface area contributed by atoms with E-state index in [0.29, 0.717) is 11.1 Å². The Kier molecular flexibility index (Phi) is 9.50. The minimum absolute atomic E-state index is 0.0793. The lowest BCUT2D eigenvalue weighted by Gasteiger charge is -2.10. The van der Waals surface area contributed by atoms with Crippen LogP contribution in [-0.4, -0.2) is 11.6 Å². The number of aryl methyl sites for hydroxylation is 2. The standard InChI is InChI=1S/C42H28N2O2S2/c1-27-11-10-12-28(2)39(27)35-25-38(30-19-17-29(18-20-30)23-33(26-43)40(45)31-13-6-4-7-14-31)48-42(35)37-22-21-34(47-37)24-36(44-3)41(46)32-15-8-5-9-16-32/h4-25H,1-2H3/b33-23+,36-24-. The molecule has 0 saturated carbocycles. The van der Waals surface area contributed by atoms with E-state index in [2.05, 4.69) is 55.1 Å². The molecule has 0 unspecified atom stereocenters. The molecule has 6 rings (SSSR count). The Labute approximate surface area is 288 Å². The van der Waals surface area contributed by atoms with E-state index < -0.39 is 0 Å². The first-order valence-corrected chi connectivity index (χ1v) is 16.8. The number of nitriles is 1. The topological polar surface area (TPSA) is 62.3 Å². The molecule has 48 heavy (non-hydrogen) atoms. The van der Waals surface area contributed by atoms with Crippen LogP contribution in [0.4, 0.5) is 0 Å². The van der Waals surface area contributed by atoms with Crippen molar-refractivity contribution in [3.8, 4) is 37.4 Å². The summed E-state index contributed by atoms with van der Waals surface area (Å²) in [4.78, 5) is 33.5. The van der Waals surface area contributed by atoms with E-state index in [1.807, 2.05) is 42.5 Å². The zero-order chi connectivity index (χ0) is 33.6. The van der Waals surface area contributed by atoms with E-state index >= 15 is 0 Å². The summed E-state index contributed by atoms with van der Waals surface area (Å²) in [6, 6.07) is 40.2. The van der Waals surface area contributed by atoms with Gasteiger partial charge in [-0.25, -0.2) is 4.85 Å². The van der Waals surface area contributed by atoms with Gasteiger partial charge in [0, 0.05) is 31.3 Å². The number of thiophene rings is 2. The number of carbonyl (C=O) groups is 2. The van der Waals surface area contributed by atoms with Crippen LogP contribution >= 0.6 is 22.7 Å². The van der Waals surface area contributed by atoms with Gasteiger partial charge < -0.3 is 4.79 Å². The van der Waals surface area contributed by atoms with Crippen molar-refractivity contribution in [3.63, 3.8) is 0 Å². The number of nitrogens with zero attached hydrogens (tertiary/aromatic N) is 2. The average molecular weight is 657 g/mol. The van der Waals surface area contributed by atoms with Gasteiger partial charge >= 0.3 is 0 Å². The summed E-state index contributed by atoms with van der Waals surface area (Å²) in [7, 11) is 0. The van der Waals surface area contributed by atoms with Crippen LogP contribution in [0.15, 0.2) is 133 Å². The third-order valence-corrected chi connectivity index (χ3v) is 10.3. The lowest BCUT2D eigenvalue weighted by atomic mass is 9.95. The Bertz CT molecular complexity index is 2270. The highest BCUT2D eigenvalue weighted by Crippen LogP contribution is 2.47. The second-order valence-corrected chi connectivity index (χ2v) is 13.3. The van der Waals surface area contributed by atoms with Crippen LogP contribution in [0.25, 0.3) is 48.3 Å². The summed E-state index contributed by atoms with van der Waals surface area (Å²) in [5.41, 5.74) is 7.57. The van der Waals surface area contributed by atoms with E-state index in [1.54, 1.807) is 83.4 Å². The molecule has 6 heteroatoms. The molecule has 0 atom stereocenters. The quantitative estimate of drug-likeness (QED) is 0.0673. The minimum Gasteiger partial charge on any atom is -0.302 e. The van der Waals surface area contributed by atoms with E-state index in [1.165, 1.54) is 16.7 Å². The number of Topliss-reactive ketones (excluding diaryl/α,β-unsaturated/α-hetero) is 2. The van der Waals surface area contributed by atoms with Crippen molar-refractivity contribution in [2.24, 2.45) is 0 Å². The third kappa shape index (κ3) is 6.77. The van der Waals surface area contributed by atoms with Crippen LogP contribution in [0.3, 0.4) is 0 Å². The molecule has 0 aliphatic rings. The molecule has 4 nitrogen and oxygen atoms in total. The molecule has 0 bridgehead atoms. The second kappa shape index (κ2) is 14.2. The highest BCUT2D eigenvalue weighted by molar-refractivity contribution is 7.24. The Balaban J connectivity index is 1.37. The third-order valence-electron chi connectivity index (χ3n) is 7.91. The summed E-state index contributed by atoms with van der Waals surface area (Å²) >= 11 is 3.24. The molecule has 0 N–H and O–H groups in total. The first kappa shape index (κ1) is 32.0. The van der Waals surface area contributed by atoms with E-state index in [0.717, 1.165) is 36.2 Å². The van der Waals surface area contributed by atoms with Gasteiger partial charge in [-0.2, -0.15) is 5.26 Å². The van der Waals surface area contributed by atoms with Gasteiger partial charge in [0.05, 0.1) is 11.4 Å². The van der Waals surface area contributed by atoms with Gasteiger partial charge in [-0.1, -0.05) is 103 Å². The number of hydrogen-bond acceptors (Lipinski definition) is 5. The van der Waals surface area contributed by atoms with Crippen molar-refractivity contribution >= 4 is 46.4 Å². The van der Waals surface area contributed by atoms with Gasteiger partial charge in [-0.15, -0.1) is 22.7 Å². The lowest BCUT2D eigenvalue weighted by molar-refractivity contribution is 0.103. The van der Waals surface area contributed by atoms with Crippen molar-refractivity contribution < 1.29 is 9.59 Å². The van der Waals surface area contributed by atoms with Gasteiger partial charge in [0.2, 0.25) is 11.5 Å². The molecule has 0 radical (unpaired) electrons. The predicted octanol–water partition coefficient (Wildman–Crippen LogP) is 11.4. The van der Waals surface area contributed by atoms with Gasteiger partial charge in [-0.05, 0) is 72.0 Å². The van der Waals surface area contributed by atoms with Crippen LogP contribution < -0.4 is 0 Å². The molecule has 230 valence electrons. The molecule has 0 aliphatic carbocycles. The summed E-state index contributed by atoms with van der Waals surface area (Å²) in [5, 5.41) is 9.72. The summed E-state index contributed by atoms with van der Waals surface area (Å²) in [5.74, 6) is -0.596. The van der Waals surface area contributed by atoms with Crippen LogP contribution in [0.5, 0.6) is 0 Å². The molecule has 2 aromatic heterocycles. The van der Waals surface area contributed by atoms with Crippen LogP contribution in [0.1, 0.15) is 42.3 Å². The molecule has 0 amide bonds. The first-order valence-electron chi connectivity index (χ1n) is 15.2. The van der Waals surface area contributed by atoms with Crippen molar-refractivity contribution in [1.29, 1.82) is 5.26 Å². The largest absolute Gasteiger partial charge is 0.302 e. The van der Waals surface area contributed by atoms with Crippen molar-refractivity contribution in [1.82, 2.24) is 0 Å². The molecule has 0 saturated heterocycles.